The van der Waals surface area contributed by atoms with Crippen molar-refractivity contribution in [3.8, 4) is 0 Å². The zero-order chi connectivity index (χ0) is 20.3. The molecule has 1 aromatic heterocycles. The molecule has 3 rings (SSSR count). The second kappa shape index (κ2) is 8.56. The molecule has 0 spiro atoms. The highest BCUT2D eigenvalue weighted by Gasteiger charge is 2.25. The van der Waals surface area contributed by atoms with E-state index in [1.54, 1.807) is 12.1 Å². The number of thiophene rings is 1. The molecule has 2 amide bonds. The number of carbonyl (C=O) groups excluding carboxylic acids is 3. The fourth-order valence-electron chi connectivity index (χ4n) is 3.28. The monoisotopic (exact) mass is 400 g/mol. The summed E-state index contributed by atoms with van der Waals surface area (Å²) in [6, 6.07) is 8.11. The molecule has 1 aromatic carbocycles. The minimum absolute atomic E-state index is 0.351. The van der Waals surface area contributed by atoms with Gasteiger partial charge in [-0.1, -0.05) is 13.3 Å². The molecule has 0 saturated carbocycles. The molecule has 0 aliphatic heterocycles. The van der Waals surface area contributed by atoms with Crippen molar-refractivity contribution in [3.63, 3.8) is 0 Å². The van der Waals surface area contributed by atoms with Crippen LogP contribution in [0.25, 0.3) is 0 Å². The normalized spacial score (nSPS) is 16.7. The zero-order valence-corrected chi connectivity index (χ0v) is 16.8. The first kappa shape index (κ1) is 20.1. The standard InChI is InChI=1S/C21H24N2O4S/c1-3-13-4-9-17-15(10-13)11-18(28-17)21(26)27-12(2)20(25)23-16-7-5-14(6-8-16)19(22)24/h5-8,11-13H,3-4,9-10H2,1-2H3,(H2,22,24)(H,23,25)/t12-,13-/m0/s1. The van der Waals surface area contributed by atoms with Crippen LogP contribution in [0, 0.1) is 5.92 Å². The predicted octanol–water partition coefficient (Wildman–Crippen LogP) is 3.55. The summed E-state index contributed by atoms with van der Waals surface area (Å²) in [7, 11) is 0. The molecule has 1 aliphatic carbocycles. The molecule has 3 N–H and O–H groups in total. The average molecular weight is 401 g/mol. The minimum Gasteiger partial charge on any atom is -0.448 e. The molecule has 1 aliphatic rings. The third-order valence-electron chi connectivity index (χ3n) is 5.05. The minimum atomic E-state index is -0.939. The van der Waals surface area contributed by atoms with Gasteiger partial charge in [0.15, 0.2) is 6.10 Å². The molecule has 0 radical (unpaired) electrons. The topological polar surface area (TPSA) is 98.5 Å². The maximum atomic E-state index is 12.5. The molecule has 0 bridgehead atoms. The first-order chi connectivity index (χ1) is 13.4. The fraction of sp³-hybridized carbons (Fsp3) is 0.381. The Hall–Kier alpha value is -2.67. The van der Waals surface area contributed by atoms with Crippen LogP contribution in [-0.4, -0.2) is 23.9 Å². The number of fused-ring (bicyclic) bond motifs is 1. The highest BCUT2D eigenvalue weighted by atomic mass is 32.1. The highest BCUT2D eigenvalue weighted by Crippen LogP contribution is 2.33. The molecule has 148 valence electrons. The molecule has 0 unspecified atom stereocenters. The van der Waals surface area contributed by atoms with Crippen LogP contribution in [0.15, 0.2) is 30.3 Å². The van der Waals surface area contributed by atoms with Gasteiger partial charge in [0.1, 0.15) is 4.88 Å². The van der Waals surface area contributed by atoms with E-state index in [0.29, 0.717) is 22.0 Å². The van der Waals surface area contributed by atoms with Crippen LogP contribution in [-0.2, 0) is 22.4 Å². The summed E-state index contributed by atoms with van der Waals surface area (Å²) < 4.78 is 5.35. The van der Waals surface area contributed by atoms with Gasteiger partial charge in [0, 0.05) is 16.1 Å². The smallest absolute Gasteiger partial charge is 0.349 e. The lowest BCUT2D eigenvalue weighted by atomic mass is 9.87. The third kappa shape index (κ3) is 4.59. The molecule has 2 aromatic rings. The number of hydrogen-bond donors (Lipinski definition) is 2. The van der Waals surface area contributed by atoms with Crippen LogP contribution in [0.4, 0.5) is 5.69 Å². The molecule has 2 atom stereocenters. The lowest BCUT2D eigenvalue weighted by molar-refractivity contribution is -0.123. The van der Waals surface area contributed by atoms with Crippen molar-refractivity contribution in [1.82, 2.24) is 0 Å². The summed E-state index contributed by atoms with van der Waals surface area (Å²) in [5.41, 5.74) is 7.28. The number of ether oxygens (including phenoxy) is 1. The van der Waals surface area contributed by atoms with Gasteiger partial charge in [-0.05, 0) is 68.0 Å². The van der Waals surface area contributed by atoms with Gasteiger partial charge < -0.3 is 15.8 Å². The Bertz CT molecular complexity index is 888. The van der Waals surface area contributed by atoms with E-state index in [4.69, 9.17) is 10.5 Å². The number of primary amides is 1. The van der Waals surface area contributed by atoms with Gasteiger partial charge in [0.2, 0.25) is 5.91 Å². The number of nitrogens with two attached hydrogens (primary N) is 1. The van der Waals surface area contributed by atoms with E-state index in [1.165, 1.54) is 40.8 Å². The number of anilines is 1. The Labute approximate surface area is 168 Å². The molecule has 7 heteroatoms. The Morgan fingerprint density at radius 1 is 1.29 bits per heavy atom. The van der Waals surface area contributed by atoms with Crippen molar-refractivity contribution < 1.29 is 19.1 Å². The van der Waals surface area contributed by atoms with E-state index in [2.05, 4.69) is 12.2 Å². The summed E-state index contributed by atoms with van der Waals surface area (Å²) in [4.78, 5) is 37.6. The van der Waals surface area contributed by atoms with Crippen molar-refractivity contribution in [2.45, 2.75) is 45.6 Å². The molecular formula is C21H24N2O4S. The number of amides is 2. The number of esters is 1. The van der Waals surface area contributed by atoms with E-state index in [-0.39, 0.29) is 0 Å². The van der Waals surface area contributed by atoms with Crippen LogP contribution in [0.1, 0.15) is 57.2 Å². The van der Waals surface area contributed by atoms with Gasteiger partial charge in [-0.3, -0.25) is 9.59 Å². The van der Waals surface area contributed by atoms with E-state index in [1.807, 2.05) is 6.07 Å². The number of rotatable bonds is 6. The van der Waals surface area contributed by atoms with E-state index >= 15 is 0 Å². The van der Waals surface area contributed by atoms with Gasteiger partial charge in [0.05, 0.1) is 0 Å². The van der Waals surface area contributed by atoms with Crippen molar-refractivity contribution in [2.75, 3.05) is 5.32 Å². The molecule has 1 heterocycles. The SMILES string of the molecule is CC[C@H]1CCc2sc(C(=O)O[C@@H](C)C(=O)Nc3ccc(C(N)=O)cc3)cc2C1. The average Bonchev–Trinajstić information content (AvgIpc) is 3.11. The van der Waals surface area contributed by atoms with Gasteiger partial charge in [-0.2, -0.15) is 0 Å². The predicted molar refractivity (Wildman–Crippen MR) is 109 cm³/mol. The largest absolute Gasteiger partial charge is 0.448 e. The Morgan fingerprint density at radius 2 is 2.00 bits per heavy atom. The van der Waals surface area contributed by atoms with Crippen LogP contribution < -0.4 is 11.1 Å². The van der Waals surface area contributed by atoms with Gasteiger partial charge in [0.25, 0.3) is 5.91 Å². The summed E-state index contributed by atoms with van der Waals surface area (Å²) in [6.07, 6.45) is 3.38. The molecular weight excluding hydrogens is 376 g/mol. The number of aryl methyl sites for hydroxylation is 1. The lowest BCUT2D eigenvalue weighted by Crippen LogP contribution is -2.29. The zero-order valence-electron chi connectivity index (χ0n) is 16.0. The Morgan fingerprint density at radius 3 is 2.64 bits per heavy atom. The molecule has 0 fully saturated rings. The summed E-state index contributed by atoms with van der Waals surface area (Å²) >= 11 is 1.47. The van der Waals surface area contributed by atoms with Crippen LogP contribution in [0.2, 0.25) is 0 Å². The summed E-state index contributed by atoms with van der Waals surface area (Å²) in [6.45, 7) is 3.73. The second-order valence-electron chi connectivity index (χ2n) is 7.05. The number of carbonyl (C=O) groups is 3. The third-order valence-corrected chi connectivity index (χ3v) is 6.27. The van der Waals surface area contributed by atoms with Crippen LogP contribution in [0.3, 0.4) is 0 Å². The van der Waals surface area contributed by atoms with Crippen molar-refractivity contribution in [3.05, 3.63) is 51.2 Å². The second-order valence-corrected chi connectivity index (χ2v) is 8.19. The highest BCUT2D eigenvalue weighted by molar-refractivity contribution is 7.14. The van der Waals surface area contributed by atoms with Crippen molar-refractivity contribution in [1.29, 1.82) is 0 Å². The van der Waals surface area contributed by atoms with Gasteiger partial charge in [-0.25, -0.2) is 4.79 Å². The van der Waals surface area contributed by atoms with Gasteiger partial charge in [-0.15, -0.1) is 11.3 Å². The Balaban J connectivity index is 1.58. The first-order valence-electron chi connectivity index (χ1n) is 9.40. The van der Waals surface area contributed by atoms with Crippen molar-refractivity contribution in [2.24, 2.45) is 11.7 Å². The number of nitrogens with one attached hydrogen (secondary N) is 1. The lowest BCUT2D eigenvalue weighted by Gasteiger charge is -2.19. The number of hydrogen-bond acceptors (Lipinski definition) is 5. The van der Waals surface area contributed by atoms with Gasteiger partial charge >= 0.3 is 5.97 Å². The molecule has 28 heavy (non-hydrogen) atoms. The fourth-order valence-corrected chi connectivity index (χ4v) is 4.37. The van der Waals surface area contributed by atoms with E-state index in [9.17, 15) is 14.4 Å². The number of benzene rings is 1. The van der Waals surface area contributed by atoms with E-state index < -0.39 is 23.9 Å². The maximum Gasteiger partial charge on any atom is 0.349 e. The molecule has 0 saturated heterocycles. The van der Waals surface area contributed by atoms with Crippen LogP contribution in [0.5, 0.6) is 0 Å². The summed E-state index contributed by atoms with van der Waals surface area (Å²) in [5, 5.41) is 2.66. The van der Waals surface area contributed by atoms with Crippen molar-refractivity contribution >= 4 is 34.8 Å². The molecule has 6 nitrogen and oxygen atoms in total. The maximum absolute atomic E-state index is 12.5. The van der Waals surface area contributed by atoms with Crippen LogP contribution >= 0.6 is 11.3 Å². The van der Waals surface area contributed by atoms with E-state index in [0.717, 1.165) is 25.7 Å². The summed E-state index contributed by atoms with van der Waals surface area (Å²) in [5.74, 6) is -0.771. The first-order valence-corrected chi connectivity index (χ1v) is 10.2. The Kier molecular flexibility index (Phi) is 6.14. The quantitative estimate of drug-likeness (QED) is 0.725.